The van der Waals surface area contributed by atoms with E-state index in [2.05, 4.69) is 25.6 Å². The molecule has 11 heteroatoms. The normalized spacial score (nSPS) is 11.2. The Morgan fingerprint density at radius 2 is 1.81 bits per heavy atom. The van der Waals surface area contributed by atoms with Gasteiger partial charge in [0.05, 0.1) is 17.8 Å². The smallest absolute Gasteiger partial charge is 0.433 e. The van der Waals surface area contributed by atoms with E-state index in [0.29, 0.717) is 11.3 Å². The maximum atomic E-state index is 13.4. The van der Waals surface area contributed by atoms with Crippen LogP contribution in [0.15, 0.2) is 42.5 Å². The number of benzene rings is 1. The number of nitrogen functional groups attached to an aromatic ring is 1. The standard InChI is InChI=1S/C21H21F3N6O2/c1-12-10-14(11-15(28-12)21(22,23)24)16-17(13-6-4-3-5-7-13)29-19(25)30-18(16)32-9-8-27-20(31)26-2/h3-7,10-11H,8-9H2,1-2H3,(H2,25,29,30)(H2,26,27,31). The van der Waals surface area contributed by atoms with Gasteiger partial charge in [0.25, 0.3) is 0 Å². The number of aromatic nitrogens is 3. The summed E-state index contributed by atoms with van der Waals surface area (Å²) in [4.78, 5) is 23.3. The number of pyridine rings is 1. The topological polar surface area (TPSA) is 115 Å². The van der Waals surface area contributed by atoms with Gasteiger partial charge in [0.2, 0.25) is 11.8 Å². The van der Waals surface area contributed by atoms with Crippen LogP contribution in [0, 0.1) is 6.92 Å². The Hall–Kier alpha value is -3.89. The molecule has 2 aromatic heterocycles. The van der Waals surface area contributed by atoms with Crippen molar-refractivity contribution < 1.29 is 22.7 Å². The van der Waals surface area contributed by atoms with Crippen molar-refractivity contribution in [2.75, 3.05) is 25.9 Å². The molecule has 1 aromatic carbocycles. The number of ether oxygens (including phenoxy) is 1. The summed E-state index contributed by atoms with van der Waals surface area (Å²) in [6.45, 7) is 1.60. The summed E-state index contributed by atoms with van der Waals surface area (Å²) in [6, 6.07) is 10.8. The molecule has 0 saturated carbocycles. The summed E-state index contributed by atoms with van der Waals surface area (Å²) >= 11 is 0. The second-order valence-electron chi connectivity index (χ2n) is 6.71. The van der Waals surface area contributed by atoms with Crippen LogP contribution < -0.4 is 21.1 Å². The van der Waals surface area contributed by atoms with E-state index < -0.39 is 17.9 Å². The van der Waals surface area contributed by atoms with Crippen LogP contribution in [-0.4, -0.2) is 41.2 Å². The fraction of sp³-hybridized carbons (Fsp3) is 0.238. The Bertz CT molecular complexity index is 1110. The SMILES string of the molecule is CNC(=O)NCCOc1nc(N)nc(-c2ccccc2)c1-c1cc(C)nc(C(F)(F)F)c1. The molecule has 3 rings (SSSR count). The van der Waals surface area contributed by atoms with Crippen LogP contribution in [-0.2, 0) is 6.18 Å². The molecule has 3 aromatic rings. The van der Waals surface area contributed by atoms with Gasteiger partial charge >= 0.3 is 12.2 Å². The predicted molar refractivity (Wildman–Crippen MR) is 113 cm³/mol. The van der Waals surface area contributed by atoms with Gasteiger partial charge in [0.15, 0.2) is 0 Å². The number of rotatable bonds is 6. The van der Waals surface area contributed by atoms with Crippen LogP contribution >= 0.6 is 0 Å². The van der Waals surface area contributed by atoms with E-state index in [-0.39, 0.29) is 41.8 Å². The number of nitrogens with one attached hydrogen (secondary N) is 2. The zero-order valence-electron chi connectivity index (χ0n) is 17.3. The Morgan fingerprint density at radius 1 is 1.09 bits per heavy atom. The van der Waals surface area contributed by atoms with E-state index >= 15 is 0 Å². The summed E-state index contributed by atoms with van der Waals surface area (Å²) in [5, 5.41) is 4.95. The number of urea groups is 1. The number of anilines is 1. The zero-order valence-corrected chi connectivity index (χ0v) is 17.3. The maximum Gasteiger partial charge on any atom is 0.433 e. The second-order valence-corrected chi connectivity index (χ2v) is 6.71. The van der Waals surface area contributed by atoms with E-state index in [1.807, 2.05) is 0 Å². The Morgan fingerprint density at radius 3 is 2.47 bits per heavy atom. The number of aryl methyl sites for hydroxylation is 1. The lowest BCUT2D eigenvalue weighted by atomic mass is 9.99. The van der Waals surface area contributed by atoms with Crippen molar-refractivity contribution in [3.05, 3.63) is 53.9 Å². The Balaban J connectivity index is 2.13. The third-order valence-electron chi connectivity index (χ3n) is 4.33. The lowest BCUT2D eigenvalue weighted by molar-refractivity contribution is -0.141. The number of nitrogens with zero attached hydrogens (tertiary/aromatic N) is 3. The van der Waals surface area contributed by atoms with E-state index in [0.717, 1.165) is 6.07 Å². The number of halogens is 3. The summed E-state index contributed by atoms with van der Waals surface area (Å²) in [5.41, 5.74) is 6.34. The van der Waals surface area contributed by atoms with Gasteiger partial charge in [-0.05, 0) is 24.6 Å². The minimum atomic E-state index is -4.64. The monoisotopic (exact) mass is 446 g/mol. The van der Waals surface area contributed by atoms with Crippen molar-refractivity contribution in [1.29, 1.82) is 0 Å². The van der Waals surface area contributed by atoms with Crippen LogP contribution in [0.4, 0.5) is 23.9 Å². The van der Waals surface area contributed by atoms with Crippen LogP contribution in [0.3, 0.4) is 0 Å². The lowest BCUT2D eigenvalue weighted by Gasteiger charge is -2.17. The average molecular weight is 446 g/mol. The van der Waals surface area contributed by atoms with Crippen LogP contribution in [0.1, 0.15) is 11.4 Å². The molecule has 0 radical (unpaired) electrons. The first-order chi connectivity index (χ1) is 15.2. The molecule has 0 bridgehead atoms. The Labute approximate surface area is 182 Å². The predicted octanol–water partition coefficient (Wildman–Crippen LogP) is 3.42. The minimum Gasteiger partial charge on any atom is -0.475 e. The first kappa shape index (κ1) is 22.8. The van der Waals surface area contributed by atoms with Crippen LogP contribution in [0.5, 0.6) is 5.88 Å². The number of alkyl halides is 3. The molecule has 0 fully saturated rings. The Kier molecular flexibility index (Phi) is 6.76. The third kappa shape index (κ3) is 5.42. The maximum absolute atomic E-state index is 13.4. The number of amides is 2. The second kappa shape index (κ2) is 9.50. The molecule has 0 saturated heterocycles. The molecule has 0 aliphatic rings. The molecule has 32 heavy (non-hydrogen) atoms. The highest BCUT2D eigenvalue weighted by Crippen LogP contribution is 2.39. The summed E-state index contributed by atoms with van der Waals surface area (Å²) in [7, 11) is 1.47. The highest BCUT2D eigenvalue weighted by molar-refractivity contribution is 5.85. The highest BCUT2D eigenvalue weighted by Gasteiger charge is 2.33. The first-order valence-corrected chi connectivity index (χ1v) is 9.56. The molecule has 168 valence electrons. The van der Waals surface area contributed by atoms with Crippen molar-refractivity contribution in [3.63, 3.8) is 0 Å². The average Bonchev–Trinajstić information content (AvgIpc) is 2.75. The summed E-state index contributed by atoms with van der Waals surface area (Å²) < 4.78 is 46.0. The summed E-state index contributed by atoms with van der Waals surface area (Å²) in [6.07, 6.45) is -4.64. The van der Waals surface area contributed by atoms with Gasteiger partial charge in [-0.2, -0.15) is 18.2 Å². The number of hydrogen-bond acceptors (Lipinski definition) is 6. The van der Waals surface area contributed by atoms with Crippen LogP contribution in [0.2, 0.25) is 0 Å². The molecule has 0 unspecified atom stereocenters. The molecule has 4 N–H and O–H groups in total. The van der Waals surface area contributed by atoms with Crippen molar-refractivity contribution in [3.8, 4) is 28.3 Å². The number of carbonyl (C=O) groups excluding carboxylic acids is 1. The molecule has 0 aliphatic heterocycles. The quantitative estimate of drug-likeness (QED) is 0.500. The summed E-state index contributed by atoms with van der Waals surface area (Å²) in [5.74, 6) is -0.113. The van der Waals surface area contributed by atoms with Gasteiger partial charge in [0, 0.05) is 18.3 Å². The van der Waals surface area contributed by atoms with Gasteiger partial charge < -0.3 is 21.1 Å². The van der Waals surface area contributed by atoms with E-state index in [1.165, 1.54) is 20.0 Å². The molecule has 0 spiro atoms. The van der Waals surface area contributed by atoms with Gasteiger partial charge in [-0.1, -0.05) is 30.3 Å². The van der Waals surface area contributed by atoms with Gasteiger partial charge in [0.1, 0.15) is 12.3 Å². The number of hydrogen-bond donors (Lipinski definition) is 3. The van der Waals surface area contributed by atoms with Crippen molar-refractivity contribution in [2.24, 2.45) is 0 Å². The highest BCUT2D eigenvalue weighted by atomic mass is 19.4. The molecule has 0 atom stereocenters. The molecular formula is C21H21F3N6O2. The van der Waals surface area contributed by atoms with Gasteiger partial charge in [-0.3, -0.25) is 0 Å². The molecule has 8 nitrogen and oxygen atoms in total. The van der Waals surface area contributed by atoms with Gasteiger partial charge in [-0.15, -0.1) is 0 Å². The number of nitrogens with two attached hydrogens (primary N) is 1. The zero-order chi connectivity index (χ0) is 23.3. The van der Waals surface area contributed by atoms with Crippen molar-refractivity contribution >= 4 is 12.0 Å². The third-order valence-corrected chi connectivity index (χ3v) is 4.33. The molecule has 2 amide bonds. The molecule has 0 aliphatic carbocycles. The van der Waals surface area contributed by atoms with Crippen LogP contribution in [0.25, 0.3) is 22.4 Å². The van der Waals surface area contributed by atoms with Crippen molar-refractivity contribution in [2.45, 2.75) is 13.1 Å². The first-order valence-electron chi connectivity index (χ1n) is 9.56. The van der Waals surface area contributed by atoms with Crippen molar-refractivity contribution in [1.82, 2.24) is 25.6 Å². The fourth-order valence-corrected chi connectivity index (χ4v) is 2.98. The van der Waals surface area contributed by atoms with E-state index in [4.69, 9.17) is 10.5 Å². The fourth-order valence-electron chi connectivity index (χ4n) is 2.98. The van der Waals surface area contributed by atoms with E-state index in [1.54, 1.807) is 30.3 Å². The largest absolute Gasteiger partial charge is 0.475 e. The minimum absolute atomic E-state index is 0.00129. The molecular weight excluding hydrogens is 425 g/mol. The van der Waals surface area contributed by atoms with Gasteiger partial charge in [-0.25, -0.2) is 14.8 Å². The lowest BCUT2D eigenvalue weighted by Crippen LogP contribution is -2.35. The molecule has 2 heterocycles. The van der Waals surface area contributed by atoms with E-state index in [9.17, 15) is 18.0 Å². The number of carbonyl (C=O) groups is 1.